The number of nitrogens with one attached hydrogen (secondary N) is 1. The Morgan fingerprint density at radius 1 is 1.05 bits per heavy atom. The maximum atomic E-state index is 11.8. The van der Waals surface area contributed by atoms with Crippen LogP contribution in [0.4, 0.5) is 5.69 Å². The van der Waals surface area contributed by atoms with E-state index in [0.717, 1.165) is 0 Å². The topological polar surface area (TPSA) is 75.6 Å². The lowest BCUT2D eigenvalue weighted by atomic mass is 10.1. The van der Waals surface area contributed by atoms with E-state index in [9.17, 15) is 9.59 Å². The highest BCUT2D eigenvalue weighted by Crippen LogP contribution is 2.15. The van der Waals surface area contributed by atoms with E-state index < -0.39 is 5.97 Å². The minimum Gasteiger partial charge on any atom is -0.484 e. The third kappa shape index (κ3) is 5.10. The van der Waals surface area contributed by atoms with Crippen molar-refractivity contribution in [2.45, 2.75) is 6.42 Å². The first-order valence-corrected chi connectivity index (χ1v) is 6.89. The molecule has 0 aliphatic rings. The third-order valence-corrected chi connectivity index (χ3v) is 3.03. The average molecular weight is 320 g/mol. The van der Waals surface area contributed by atoms with Crippen molar-refractivity contribution in [2.24, 2.45) is 0 Å². The van der Waals surface area contributed by atoms with Crippen LogP contribution in [0, 0.1) is 0 Å². The molecule has 0 aliphatic carbocycles. The summed E-state index contributed by atoms with van der Waals surface area (Å²) >= 11 is 5.75. The first kappa shape index (κ1) is 15.9. The standard InChI is InChI=1S/C16H14ClNO4/c17-12-3-7-14(8-4-12)22-10-15(19)18-13-5-1-11(2-6-13)9-16(20)21/h1-8H,9-10H2,(H,18,19)(H,20,21). The summed E-state index contributed by atoms with van der Waals surface area (Å²) in [5, 5.41) is 11.9. The second-order valence-electron chi connectivity index (χ2n) is 4.56. The fraction of sp³-hybridized carbons (Fsp3) is 0.125. The summed E-state index contributed by atoms with van der Waals surface area (Å²) in [5.74, 6) is -0.648. The minimum absolute atomic E-state index is 0.0477. The molecule has 0 heterocycles. The van der Waals surface area contributed by atoms with Gasteiger partial charge in [0.15, 0.2) is 6.61 Å². The van der Waals surface area contributed by atoms with E-state index in [4.69, 9.17) is 21.4 Å². The Morgan fingerprint density at radius 3 is 2.27 bits per heavy atom. The van der Waals surface area contributed by atoms with Crippen LogP contribution >= 0.6 is 11.6 Å². The predicted molar refractivity (Wildman–Crippen MR) is 83.4 cm³/mol. The largest absolute Gasteiger partial charge is 0.484 e. The lowest BCUT2D eigenvalue weighted by Crippen LogP contribution is -2.20. The fourth-order valence-corrected chi connectivity index (χ4v) is 1.88. The van der Waals surface area contributed by atoms with Crippen LogP contribution in [0.15, 0.2) is 48.5 Å². The number of rotatable bonds is 6. The Kier molecular flexibility index (Phi) is 5.38. The number of carboxylic acid groups (broad SMARTS) is 1. The molecule has 1 amide bonds. The lowest BCUT2D eigenvalue weighted by molar-refractivity contribution is -0.136. The number of anilines is 1. The molecule has 0 aliphatic heterocycles. The van der Waals surface area contributed by atoms with E-state index in [2.05, 4.69) is 5.32 Å². The van der Waals surface area contributed by atoms with Crippen LogP contribution in [0.2, 0.25) is 5.02 Å². The van der Waals surface area contributed by atoms with Gasteiger partial charge in [0.25, 0.3) is 5.91 Å². The molecule has 0 spiro atoms. The van der Waals surface area contributed by atoms with Crippen LogP contribution in [0.1, 0.15) is 5.56 Å². The molecule has 0 bridgehead atoms. The van der Waals surface area contributed by atoms with Crippen LogP contribution in [-0.4, -0.2) is 23.6 Å². The number of carboxylic acids is 1. The zero-order chi connectivity index (χ0) is 15.9. The van der Waals surface area contributed by atoms with Crippen LogP contribution < -0.4 is 10.1 Å². The molecule has 2 aromatic rings. The Bertz CT molecular complexity index is 653. The molecule has 0 fully saturated rings. The highest BCUT2D eigenvalue weighted by molar-refractivity contribution is 6.30. The van der Waals surface area contributed by atoms with Crippen molar-refractivity contribution in [3.8, 4) is 5.75 Å². The summed E-state index contributed by atoms with van der Waals surface area (Å²) in [5.41, 5.74) is 1.25. The Hall–Kier alpha value is -2.53. The maximum Gasteiger partial charge on any atom is 0.307 e. The second kappa shape index (κ2) is 7.47. The molecule has 0 saturated carbocycles. The van der Waals surface area contributed by atoms with Gasteiger partial charge < -0.3 is 15.2 Å². The monoisotopic (exact) mass is 319 g/mol. The number of carbonyl (C=O) groups is 2. The molecule has 22 heavy (non-hydrogen) atoms. The van der Waals surface area contributed by atoms with Crippen molar-refractivity contribution < 1.29 is 19.4 Å². The van der Waals surface area contributed by atoms with Crippen LogP contribution in [-0.2, 0) is 16.0 Å². The lowest BCUT2D eigenvalue weighted by Gasteiger charge is -2.08. The molecule has 0 atom stereocenters. The van der Waals surface area contributed by atoms with E-state index in [1.54, 1.807) is 48.5 Å². The van der Waals surface area contributed by atoms with E-state index in [0.29, 0.717) is 22.0 Å². The smallest absolute Gasteiger partial charge is 0.307 e. The number of amides is 1. The molecule has 0 radical (unpaired) electrons. The van der Waals surface area contributed by atoms with E-state index in [1.165, 1.54) is 0 Å². The van der Waals surface area contributed by atoms with Gasteiger partial charge in [0.2, 0.25) is 0 Å². The van der Waals surface area contributed by atoms with Crippen molar-refractivity contribution >= 4 is 29.2 Å². The first-order valence-electron chi connectivity index (χ1n) is 6.52. The molecule has 2 aromatic carbocycles. The highest BCUT2D eigenvalue weighted by Gasteiger charge is 2.05. The van der Waals surface area contributed by atoms with Gasteiger partial charge in [-0.1, -0.05) is 23.7 Å². The van der Waals surface area contributed by atoms with Crippen LogP contribution in [0.5, 0.6) is 5.75 Å². The molecule has 6 heteroatoms. The van der Waals surface area contributed by atoms with Gasteiger partial charge in [0.05, 0.1) is 6.42 Å². The molecular weight excluding hydrogens is 306 g/mol. The first-order chi connectivity index (χ1) is 10.5. The number of ether oxygens (including phenoxy) is 1. The summed E-state index contributed by atoms with van der Waals surface area (Å²) in [7, 11) is 0. The fourth-order valence-electron chi connectivity index (χ4n) is 1.76. The van der Waals surface area contributed by atoms with Crippen LogP contribution in [0.25, 0.3) is 0 Å². The number of halogens is 1. The van der Waals surface area contributed by atoms with Gasteiger partial charge in [-0.05, 0) is 42.0 Å². The average Bonchev–Trinajstić information content (AvgIpc) is 2.48. The summed E-state index contributed by atoms with van der Waals surface area (Å²) in [6.45, 7) is -0.126. The number of carbonyl (C=O) groups excluding carboxylic acids is 1. The van der Waals surface area contributed by atoms with Crippen molar-refractivity contribution in [3.63, 3.8) is 0 Å². The van der Waals surface area contributed by atoms with Crippen molar-refractivity contribution in [1.82, 2.24) is 0 Å². The third-order valence-electron chi connectivity index (χ3n) is 2.78. The van der Waals surface area contributed by atoms with Gasteiger partial charge in [-0.25, -0.2) is 0 Å². The number of benzene rings is 2. The molecule has 0 saturated heterocycles. The number of hydrogen-bond acceptors (Lipinski definition) is 3. The molecule has 114 valence electrons. The van der Waals surface area contributed by atoms with Crippen molar-refractivity contribution in [3.05, 3.63) is 59.1 Å². The Morgan fingerprint density at radius 2 is 1.68 bits per heavy atom. The minimum atomic E-state index is -0.895. The van der Waals surface area contributed by atoms with Gasteiger partial charge in [-0.3, -0.25) is 9.59 Å². The summed E-state index contributed by atoms with van der Waals surface area (Å²) in [6.07, 6.45) is -0.0477. The molecule has 2 rings (SSSR count). The highest BCUT2D eigenvalue weighted by atomic mass is 35.5. The SMILES string of the molecule is O=C(O)Cc1ccc(NC(=O)COc2ccc(Cl)cc2)cc1. The molecule has 2 N–H and O–H groups in total. The second-order valence-corrected chi connectivity index (χ2v) is 4.99. The number of hydrogen-bond donors (Lipinski definition) is 2. The maximum absolute atomic E-state index is 11.8. The summed E-state index contributed by atoms with van der Waals surface area (Å²) in [4.78, 5) is 22.3. The van der Waals surface area contributed by atoms with Gasteiger partial charge in [-0.15, -0.1) is 0 Å². The van der Waals surface area contributed by atoms with E-state index in [-0.39, 0.29) is 18.9 Å². The Labute approximate surface area is 132 Å². The molecule has 5 nitrogen and oxygen atoms in total. The van der Waals surface area contributed by atoms with Gasteiger partial charge in [0.1, 0.15) is 5.75 Å². The van der Waals surface area contributed by atoms with Crippen LogP contribution in [0.3, 0.4) is 0 Å². The molecule has 0 aromatic heterocycles. The van der Waals surface area contributed by atoms with Crippen molar-refractivity contribution in [1.29, 1.82) is 0 Å². The Balaban J connectivity index is 1.83. The van der Waals surface area contributed by atoms with Gasteiger partial charge in [0, 0.05) is 10.7 Å². The quantitative estimate of drug-likeness (QED) is 0.858. The van der Waals surface area contributed by atoms with E-state index >= 15 is 0 Å². The zero-order valence-electron chi connectivity index (χ0n) is 11.6. The van der Waals surface area contributed by atoms with Gasteiger partial charge >= 0.3 is 5.97 Å². The van der Waals surface area contributed by atoms with Crippen molar-refractivity contribution in [2.75, 3.05) is 11.9 Å². The van der Waals surface area contributed by atoms with E-state index in [1.807, 2.05) is 0 Å². The van der Waals surface area contributed by atoms with Gasteiger partial charge in [-0.2, -0.15) is 0 Å². The molecular formula is C16H14ClNO4. The predicted octanol–water partition coefficient (Wildman–Crippen LogP) is 2.98. The normalized spacial score (nSPS) is 10.0. The zero-order valence-corrected chi connectivity index (χ0v) is 12.3. The number of aliphatic carboxylic acids is 1. The summed E-state index contributed by atoms with van der Waals surface area (Å²) in [6, 6.07) is 13.3. The molecule has 0 unspecified atom stereocenters. The summed E-state index contributed by atoms with van der Waals surface area (Å²) < 4.78 is 5.32.